The van der Waals surface area contributed by atoms with Crippen LogP contribution in [-0.4, -0.2) is 54.9 Å². The fourth-order valence-electron chi connectivity index (χ4n) is 3.13. The highest BCUT2D eigenvalue weighted by Crippen LogP contribution is 2.28. The molecule has 2 aromatic rings. The molecule has 2 aromatic carbocycles. The SMILES string of the molecule is CSCC[C@H](NC(=O)c1ccccc1Cl)C(=O)OCC(=O)N1CC(=O)Nc2ccccc21. The van der Waals surface area contributed by atoms with Crippen molar-refractivity contribution in [2.45, 2.75) is 12.5 Å². The van der Waals surface area contributed by atoms with Crippen molar-refractivity contribution < 1.29 is 23.9 Å². The van der Waals surface area contributed by atoms with Crippen LogP contribution in [0.1, 0.15) is 16.8 Å². The van der Waals surface area contributed by atoms with Crippen molar-refractivity contribution in [2.24, 2.45) is 0 Å². The summed E-state index contributed by atoms with van der Waals surface area (Å²) < 4.78 is 5.21. The number of halogens is 1. The molecule has 2 N–H and O–H groups in total. The number of benzene rings is 2. The molecule has 10 heteroatoms. The van der Waals surface area contributed by atoms with Gasteiger partial charge in [-0.3, -0.25) is 19.3 Å². The molecular formula is C22H22ClN3O5S. The van der Waals surface area contributed by atoms with Crippen LogP contribution in [0.15, 0.2) is 48.5 Å². The lowest BCUT2D eigenvalue weighted by molar-refractivity contribution is -0.149. The van der Waals surface area contributed by atoms with Crippen LogP contribution in [0.5, 0.6) is 0 Å². The number of carbonyl (C=O) groups is 4. The minimum absolute atomic E-state index is 0.174. The van der Waals surface area contributed by atoms with E-state index in [2.05, 4.69) is 10.6 Å². The first-order chi connectivity index (χ1) is 15.4. The van der Waals surface area contributed by atoms with Crippen LogP contribution in [0.25, 0.3) is 0 Å². The van der Waals surface area contributed by atoms with Crippen molar-refractivity contribution >= 4 is 58.4 Å². The predicted octanol–water partition coefficient (Wildman–Crippen LogP) is 2.72. The zero-order valence-corrected chi connectivity index (χ0v) is 18.9. The van der Waals surface area contributed by atoms with Crippen LogP contribution in [0.2, 0.25) is 5.02 Å². The number of hydrogen-bond donors (Lipinski definition) is 2. The van der Waals surface area contributed by atoms with Gasteiger partial charge in [0, 0.05) is 0 Å². The van der Waals surface area contributed by atoms with E-state index in [0.717, 1.165) is 0 Å². The quantitative estimate of drug-likeness (QED) is 0.569. The largest absolute Gasteiger partial charge is 0.454 e. The average molecular weight is 476 g/mol. The van der Waals surface area contributed by atoms with Crippen molar-refractivity contribution in [3.63, 3.8) is 0 Å². The maximum atomic E-state index is 12.7. The van der Waals surface area contributed by atoms with E-state index in [1.165, 1.54) is 16.7 Å². The zero-order valence-electron chi connectivity index (χ0n) is 17.3. The lowest BCUT2D eigenvalue weighted by Crippen LogP contribution is -2.46. The van der Waals surface area contributed by atoms with E-state index < -0.39 is 30.4 Å². The number of rotatable bonds is 8. The molecule has 168 valence electrons. The summed E-state index contributed by atoms with van der Waals surface area (Å²) in [7, 11) is 0. The van der Waals surface area contributed by atoms with Gasteiger partial charge in [0.15, 0.2) is 6.61 Å². The lowest BCUT2D eigenvalue weighted by Gasteiger charge is -2.29. The van der Waals surface area contributed by atoms with E-state index in [-0.39, 0.29) is 23.0 Å². The van der Waals surface area contributed by atoms with Gasteiger partial charge in [-0.1, -0.05) is 35.9 Å². The molecule has 1 atom stereocenters. The molecule has 0 bridgehead atoms. The van der Waals surface area contributed by atoms with E-state index in [0.29, 0.717) is 23.5 Å². The highest BCUT2D eigenvalue weighted by molar-refractivity contribution is 7.98. The van der Waals surface area contributed by atoms with Gasteiger partial charge in [0.05, 0.1) is 22.0 Å². The highest BCUT2D eigenvalue weighted by Gasteiger charge is 2.29. The van der Waals surface area contributed by atoms with E-state index in [1.54, 1.807) is 48.5 Å². The van der Waals surface area contributed by atoms with Gasteiger partial charge in [-0.25, -0.2) is 4.79 Å². The van der Waals surface area contributed by atoms with Crippen molar-refractivity contribution in [1.29, 1.82) is 0 Å². The summed E-state index contributed by atoms with van der Waals surface area (Å²) in [5, 5.41) is 5.59. The summed E-state index contributed by atoms with van der Waals surface area (Å²) in [6.07, 6.45) is 2.19. The smallest absolute Gasteiger partial charge is 0.329 e. The second kappa shape index (κ2) is 11.0. The number of para-hydroxylation sites is 2. The summed E-state index contributed by atoms with van der Waals surface area (Å²) in [5.41, 5.74) is 1.27. The monoisotopic (exact) mass is 475 g/mol. The first-order valence-electron chi connectivity index (χ1n) is 9.81. The molecule has 0 spiro atoms. The first kappa shape index (κ1) is 23.6. The molecule has 1 aliphatic heterocycles. The standard InChI is InChI=1S/C22H22ClN3O5S/c1-32-11-10-17(25-21(29)14-6-2-3-7-15(14)23)22(30)31-13-20(28)26-12-19(27)24-16-8-4-5-9-18(16)26/h2-9,17H,10-13H2,1H3,(H,24,27)(H,25,29)/t17-/m0/s1. The summed E-state index contributed by atoms with van der Waals surface area (Å²) in [5.74, 6) is -1.53. The molecule has 3 amide bonds. The molecular weight excluding hydrogens is 454 g/mol. The third-order valence-corrected chi connectivity index (χ3v) is 5.70. The van der Waals surface area contributed by atoms with Crippen molar-refractivity contribution in [3.8, 4) is 0 Å². The number of nitrogens with zero attached hydrogens (tertiary/aromatic N) is 1. The molecule has 0 saturated carbocycles. The number of carbonyl (C=O) groups excluding carboxylic acids is 4. The van der Waals surface area contributed by atoms with Crippen molar-refractivity contribution in [1.82, 2.24) is 5.32 Å². The molecule has 0 unspecified atom stereocenters. The Bertz CT molecular complexity index is 1030. The predicted molar refractivity (Wildman–Crippen MR) is 124 cm³/mol. The topological polar surface area (TPSA) is 105 Å². The first-order valence-corrected chi connectivity index (χ1v) is 11.6. The summed E-state index contributed by atoms with van der Waals surface area (Å²) in [4.78, 5) is 51.1. The number of esters is 1. The highest BCUT2D eigenvalue weighted by atomic mass is 35.5. The summed E-state index contributed by atoms with van der Waals surface area (Å²) in [6, 6.07) is 12.4. The molecule has 1 heterocycles. The Labute approximate surface area is 194 Å². The van der Waals surface area contributed by atoms with Gasteiger partial charge in [0.2, 0.25) is 5.91 Å². The molecule has 1 aliphatic rings. The molecule has 8 nitrogen and oxygen atoms in total. The van der Waals surface area contributed by atoms with Crippen molar-refractivity contribution in [3.05, 3.63) is 59.1 Å². The Kier molecular flexibility index (Phi) is 8.13. The van der Waals surface area contributed by atoms with Crippen molar-refractivity contribution in [2.75, 3.05) is 35.4 Å². The maximum absolute atomic E-state index is 12.7. The van der Waals surface area contributed by atoms with Crippen LogP contribution in [-0.2, 0) is 19.1 Å². The molecule has 0 radical (unpaired) electrons. The Hall–Kier alpha value is -3.04. The average Bonchev–Trinajstić information content (AvgIpc) is 2.79. The molecule has 32 heavy (non-hydrogen) atoms. The van der Waals surface area contributed by atoms with Crippen LogP contribution < -0.4 is 15.5 Å². The lowest BCUT2D eigenvalue weighted by atomic mass is 10.1. The Morgan fingerprint density at radius 2 is 1.91 bits per heavy atom. The van der Waals surface area contributed by atoms with Gasteiger partial charge in [0.25, 0.3) is 11.8 Å². The van der Waals surface area contributed by atoms with E-state index in [1.807, 2.05) is 6.26 Å². The third kappa shape index (κ3) is 5.80. The van der Waals surface area contributed by atoms with E-state index in [4.69, 9.17) is 16.3 Å². The van der Waals surface area contributed by atoms with Crippen LogP contribution in [0, 0.1) is 0 Å². The second-order valence-electron chi connectivity index (χ2n) is 6.94. The number of thioether (sulfide) groups is 1. The Morgan fingerprint density at radius 1 is 1.19 bits per heavy atom. The number of ether oxygens (including phenoxy) is 1. The number of amides is 3. The van der Waals surface area contributed by atoms with E-state index in [9.17, 15) is 19.2 Å². The molecule has 0 fully saturated rings. The second-order valence-corrected chi connectivity index (χ2v) is 8.33. The Morgan fingerprint density at radius 3 is 2.66 bits per heavy atom. The summed E-state index contributed by atoms with van der Waals surface area (Å²) in [6.45, 7) is -0.731. The number of nitrogens with one attached hydrogen (secondary N) is 2. The van der Waals surface area contributed by atoms with Gasteiger partial charge in [-0.2, -0.15) is 11.8 Å². The van der Waals surface area contributed by atoms with Crippen LogP contribution in [0.3, 0.4) is 0 Å². The number of anilines is 2. The third-order valence-electron chi connectivity index (χ3n) is 4.73. The van der Waals surface area contributed by atoms with Gasteiger partial charge >= 0.3 is 5.97 Å². The fraction of sp³-hybridized carbons (Fsp3) is 0.273. The molecule has 0 aromatic heterocycles. The number of fused-ring (bicyclic) bond motifs is 1. The summed E-state index contributed by atoms with van der Waals surface area (Å²) >= 11 is 7.57. The van der Waals surface area contributed by atoms with Gasteiger partial charge in [-0.05, 0) is 42.7 Å². The fourth-order valence-corrected chi connectivity index (χ4v) is 3.83. The van der Waals surface area contributed by atoms with Gasteiger partial charge in [-0.15, -0.1) is 0 Å². The normalized spacial score (nSPS) is 13.6. The number of hydrogen-bond acceptors (Lipinski definition) is 6. The van der Waals surface area contributed by atoms with Gasteiger partial charge in [0.1, 0.15) is 12.6 Å². The maximum Gasteiger partial charge on any atom is 0.329 e. The molecule has 3 rings (SSSR count). The minimum atomic E-state index is -0.948. The zero-order chi connectivity index (χ0) is 23.1. The molecule has 0 saturated heterocycles. The van der Waals surface area contributed by atoms with Crippen LogP contribution in [0.4, 0.5) is 11.4 Å². The van der Waals surface area contributed by atoms with Crippen LogP contribution >= 0.6 is 23.4 Å². The van der Waals surface area contributed by atoms with Gasteiger partial charge < -0.3 is 15.4 Å². The Balaban J connectivity index is 1.65. The minimum Gasteiger partial charge on any atom is -0.454 e. The molecule has 0 aliphatic carbocycles. The van der Waals surface area contributed by atoms with E-state index >= 15 is 0 Å².